The Hall–Kier alpha value is -1.04. The van der Waals surface area contributed by atoms with Crippen LogP contribution < -0.4 is 5.32 Å². The van der Waals surface area contributed by atoms with Crippen LogP contribution in [0.5, 0.6) is 0 Å². The lowest BCUT2D eigenvalue weighted by Gasteiger charge is -2.06. The van der Waals surface area contributed by atoms with E-state index < -0.39 is 0 Å². The number of hydrogen-bond acceptors (Lipinski definition) is 3. The summed E-state index contributed by atoms with van der Waals surface area (Å²) in [6.07, 6.45) is 1.76. The summed E-state index contributed by atoms with van der Waals surface area (Å²) in [6, 6.07) is 0.323. The van der Waals surface area contributed by atoms with Gasteiger partial charge in [0.2, 0.25) is 0 Å². The van der Waals surface area contributed by atoms with Crippen LogP contribution in [0.4, 0.5) is 4.79 Å². The Morgan fingerprint density at radius 3 is 2.88 bits per heavy atom. The highest BCUT2D eigenvalue weighted by molar-refractivity contribution is 9.10. The molecular weight excluding hydrogens is 274 g/mol. The lowest BCUT2D eigenvalue weighted by molar-refractivity contribution is 0.136. The number of nitrogens with one attached hydrogen (secondary N) is 1. The predicted molar refractivity (Wildman–Crippen MR) is 62.0 cm³/mol. The van der Waals surface area contributed by atoms with Crippen molar-refractivity contribution in [3.63, 3.8) is 0 Å². The van der Waals surface area contributed by atoms with Crippen LogP contribution in [0.3, 0.4) is 0 Å². The summed E-state index contributed by atoms with van der Waals surface area (Å²) in [5, 5.41) is 6.98. The van der Waals surface area contributed by atoms with Gasteiger partial charge in [0.05, 0.1) is 15.9 Å². The van der Waals surface area contributed by atoms with E-state index in [1.54, 1.807) is 4.68 Å². The molecule has 1 aromatic heterocycles. The summed E-state index contributed by atoms with van der Waals surface area (Å²) in [5.41, 5.74) is 1.76. The van der Waals surface area contributed by atoms with Crippen LogP contribution in [0.25, 0.3) is 0 Å². The molecule has 0 unspecified atom stereocenters. The standard InChI is InChI=1S/C10H14BrN3O2/c1-6-9(11)8(14(2)13-6)5-16-10(15)12-7-3-4-7/h7H,3-5H2,1-2H3,(H,12,15). The number of rotatable bonds is 3. The zero-order chi connectivity index (χ0) is 11.7. The van der Waals surface area contributed by atoms with Crippen LogP contribution in [0.1, 0.15) is 24.2 Å². The van der Waals surface area contributed by atoms with E-state index in [1.807, 2.05) is 14.0 Å². The number of nitrogens with zero attached hydrogens (tertiary/aromatic N) is 2. The highest BCUT2D eigenvalue weighted by Crippen LogP contribution is 2.21. The molecule has 6 heteroatoms. The number of aryl methyl sites for hydroxylation is 2. The molecular formula is C10H14BrN3O2. The molecule has 16 heavy (non-hydrogen) atoms. The Bertz CT molecular complexity index is 412. The van der Waals surface area contributed by atoms with E-state index in [-0.39, 0.29) is 12.7 Å². The van der Waals surface area contributed by atoms with Crippen molar-refractivity contribution >= 4 is 22.0 Å². The zero-order valence-corrected chi connectivity index (χ0v) is 10.9. The lowest BCUT2D eigenvalue weighted by Crippen LogP contribution is -2.26. The van der Waals surface area contributed by atoms with Gasteiger partial charge in [-0.1, -0.05) is 0 Å². The second kappa shape index (κ2) is 4.45. The van der Waals surface area contributed by atoms with Crippen molar-refractivity contribution < 1.29 is 9.53 Å². The highest BCUT2D eigenvalue weighted by atomic mass is 79.9. The number of amides is 1. The quantitative estimate of drug-likeness (QED) is 0.924. The van der Waals surface area contributed by atoms with Gasteiger partial charge in [-0.15, -0.1) is 0 Å². The molecule has 0 atom stereocenters. The van der Waals surface area contributed by atoms with Crippen molar-refractivity contribution in [3.8, 4) is 0 Å². The number of carbonyl (C=O) groups is 1. The number of aromatic nitrogens is 2. The average Bonchev–Trinajstić information content (AvgIpc) is 2.97. The molecule has 0 aliphatic heterocycles. The predicted octanol–water partition coefficient (Wildman–Crippen LogP) is 1.88. The van der Waals surface area contributed by atoms with Crippen LogP contribution in [0.15, 0.2) is 4.47 Å². The minimum absolute atomic E-state index is 0.233. The smallest absolute Gasteiger partial charge is 0.407 e. The van der Waals surface area contributed by atoms with Gasteiger partial charge in [-0.3, -0.25) is 4.68 Å². The molecule has 0 aromatic carbocycles. The van der Waals surface area contributed by atoms with Crippen molar-refractivity contribution in [2.45, 2.75) is 32.4 Å². The molecule has 1 aromatic rings. The van der Waals surface area contributed by atoms with Crippen LogP contribution in [-0.4, -0.2) is 21.9 Å². The molecule has 0 bridgehead atoms. The largest absolute Gasteiger partial charge is 0.443 e. The molecule has 0 radical (unpaired) electrons. The molecule has 1 heterocycles. The summed E-state index contributed by atoms with van der Waals surface area (Å²) < 4.78 is 7.72. The first-order valence-corrected chi connectivity index (χ1v) is 5.98. The molecule has 1 saturated carbocycles. The fraction of sp³-hybridized carbons (Fsp3) is 0.600. The van der Waals surface area contributed by atoms with Gasteiger partial charge in [-0.05, 0) is 35.7 Å². The molecule has 1 N–H and O–H groups in total. The van der Waals surface area contributed by atoms with Gasteiger partial charge in [-0.2, -0.15) is 5.10 Å². The monoisotopic (exact) mass is 287 g/mol. The van der Waals surface area contributed by atoms with Gasteiger partial charge >= 0.3 is 6.09 Å². The third kappa shape index (κ3) is 2.55. The van der Waals surface area contributed by atoms with Gasteiger partial charge in [0.25, 0.3) is 0 Å². The average molecular weight is 288 g/mol. The molecule has 0 spiro atoms. The molecule has 1 aliphatic rings. The maximum absolute atomic E-state index is 11.3. The summed E-state index contributed by atoms with van der Waals surface area (Å²) in [5.74, 6) is 0. The number of carbonyl (C=O) groups excluding carboxylic acids is 1. The second-order valence-corrected chi connectivity index (χ2v) is 4.76. The molecule has 1 amide bonds. The molecule has 2 rings (SSSR count). The first-order chi connectivity index (χ1) is 7.58. The van der Waals surface area contributed by atoms with Crippen molar-refractivity contribution in [2.24, 2.45) is 7.05 Å². The van der Waals surface area contributed by atoms with Crippen molar-refractivity contribution in [1.29, 1.82) is 0 Å². The summed E-state index contributed by atoms with van der Waals surface area (Å²) in [6.45, 7) is 2.13. The zero-order valence-electron chi connectivity index (χ0n) is 9.29. The Labute approximate surface area is 102 Å². The summed E-state index contributed by atoms with van der Waals surface area (Å²) in [7, 11) is 1.83. The van der Waals surface area contributed by atoms with Gasteiger partial charge in [-0.25, -0.2) is 4.79 Å². The van der Waals surface area contributed by atoms with Crippen molar-refractivity contribution in [3.05, 3.63) is 15.9 Å². The Kier molecular flexibility index (Phi) is 3.18. The van der Waals surface area contributed by atoms with Gasteiger partial charge in [0, 0.05) is 13.1 Å². The van der Waals surface area contributed by atoms with E-state index in [2.05, 4.69) is 26.3 Å². The lowest BCUT2D eigenvalue weighted by atomic mass is 10.4. The molecule has 0 saturated heterocycles. The van der Waals surface area contributed by atoms with E-state index in [9.17, 15) is 4.79 Å². The third-order valence-corrected chi connectivity index (χ3v) is 3.53. The van der Waals surface area contributed by atoms with Crippen LogP contribution in [0, 0.1) is 6.92 Å². The van der Waals surface area contributed by atoms with Crippen molar-refractivity contribution in [2.75, 3.05) is 0 Å². The Morgan fingerprint density at radius 1 is 1.69 bits per heavy atom. The Morgan fingerprint density at radius 2 is 2.38 bits per heavy atom. The molecule has 88 valence electrons. The van der Waals surface area contributed by atoms with Crippen LogP contribution in [-0.2, 0) is 18.4 Å². The summed E-state index contributed by atoms with van der Waals surface area (Å²) >= 11 is 3.42. The topological polar surface area (TPSA) is 56.2 Å². The summed E-state index contributed by atoms with van der Waals surface area (Å²) in [4.78, 5) is 11.3. The fourth-order valence-electron chi connectivity index (χ4n) is 1.41. The van der Waals surface area contributed by atoms with E-state index >= 15 is 0 Å². The third-order valence-electron chi connectivity index (χ3n) is 2.50. The highest BCUT2D eigenvalue weighted by Gasteiger charge is 2.24. The van der Waals surface area contributed by atoms with E-state index in [4.69, 9.17) is 4.74 Å². The molecule has 1 aliphatic carbocycles. The first-order valence-electron chi connectivity index (χ1n) is 5.19. The van der Waals surface area contributed by atoms with Crippen LogP contribution in [0.2, 0.25) is 0 Å². The number of alkyl carbamates (subject to hydrolysis) is 1. The second-order valence-electron chi connectivity index (χ2n) is 3.96. The van der Waals surface area contributed by atoms with E-state index in [1.165, 1.54) is 0 Å². The fourth-order valence-corrected chi connectivity index (χ4v) is 1.86. The maximum Gasteiger partial charge on any atom is 0.407 e. The van der Waals surface area contributed by atoms with E-state index in [0.717, 1.165) is 28.7 Å². The Balaban J connectivity index is 1.90. The van der Waals surface area contributed by atoms with Gasteiger partial charge in [0.1, 0.15) is 6.61 Å². The van der Waals surface area contributed by atoms with Gasteiger partial charge in [0.15, 0.2) is 0 Å². The molecule has 1 fully saturated rings. The van der Waals surface area contributed by atoms with Crippen molar-refractivity contribution in [1.82, 2.24) is 15.1 Å². The molecule has 5 nitrogen and oxygen atoms in total. The van der Waals surface area contributed by atoms with E-state index in [0.29, 0.717) is 6.04 Å². The number of ether oxygens (including phenoxy) is 1. The maximum atomic E-state index is 11.3. The SMILES string of the molecule is Cc1nn(C)c(COC(=O)NC2CC2)c1Br. The number of hydrogen-bond donors (Lipinski definition) is 1. The minimum atomic E-state index is -0.353. The minimum Gasteiger partial charge on any atom is -0.443 e. The van der Waals surface area contributed by atoms with Gasteiger partial charge < -0.3 is 10.1 Å². The first kappa shape index (κ1) is 11.4. The normalized spacial score (nSPS) is 14.9. The van der Waals surface area contributed by atoms with Crippen LogP contribution >= 0.6 is 15.9 Å². The number of halogens is 1.